The monoisotopic (exact) mass is 230 g/mol. The first-order valence-electron chi connectivity index (χ1n) is 5.93. The summed E-state index contributed by atoms with van der Waals surface area (Å²) in [6, 6.07) is 0.0370. The molecular formula is C11H22N2OS. The van der Waals surface area contributed by atoms with Gasteiger partial charge in [-0.25, -0.2) is 0 Å². The van der Waals surface area contributed by atoms with Gasteiger partial charge in [-0.2, -0.15) is 11.8 Å². The number of hydrogen-bond acceptors (Lipinski definition) is 3. The Bertz CT molecular complexity index is 181. The van der Waals surface area contributed by atoms with E-state index in [4.69, 9.17) is 0 Å². The highest BCUT2D eigenvalue weighted by atomic mass is 32.2. The number of unbranched alkanes of at least 4 members (excludes halogenated alkanes) is 3. The number of amides is 1. The topological polar surface area (TPSA) is 41.1 Å². The van der Waals surface area contributed by atoms with E-state index in [0.717, 1.165) is 31.0 Å². The average Bonchev–Trinajstić information content (AvgIpc) is 2.30. The van der Waals surface area contributed by atoms with Crippen molar-refractivity contribution in [3.05, 3.63) is 0 Å². The molecule has 0 radical (unpaired) electrons. The van der Waals surface area contributed by atoms with Crippen LogP contribution in [0.15, 0.2) is 0 Å². The van der Waals surface area contributed by atoms with E-state index in [2.05, 4.69) is 17.6 Å². The van der Waals surface area contributed by atoms with Crippen molar-refractivity contribution < 1.29 is 4.79 Å². The second kappa shape index (κ2) is 7.99. The van der Waals surface area contributed by atoms with E-state index in [9.17, 15) is 4.79 Å². The van der Waals surface area contributed by atoms with Gasteiger partial charge in [-0.1, -0.05) is 26.2 Å². The predicted octanol–water partition coefficient (Wildman–Crippen LogP) is 1.39. The highest BCUT2D eigenvalue weighted by molar-refractivity contribution is 7.99. The molecule has 0 saturated carbocycles. The molecular weight excluding hydrogens is 208 g/mol. The maximum Gasteiger partial charge on any atom is 0.237 e. The smallest absolute Gasteiger partial charge is 0.237 e. The molecule has 2 N–H and O–H groups in total. The molecule has 1 fully saturated rings. The summed E-state index contributed by atoms with van der Waals surface area (Å²) >= 11 is 1.86. The van der Waals surface area contributed by atoms with E-state index in [1.54, 1.807) is 0 Å². The molecule has 0 aliphatic carbocycles. The van der Waals surface area contributed by atoms with Crippen LogP contribution in [0.25, 0.3) is 0 Å². The SMILES string of the molecule is CCCCCCNC(=O)C1CSCCN1. The molecule has 1 aliphatic heterocycles. The quantitative estimate of drug-likeness (QED) is 0.678. The zero-order valence-electron chi connectivity index (χ0n) is 9.55. The van der Waals surface area contributed by atoms with Crippen LogP contribution in [0.5, 0.6) is 0 Å². The van der Waals surface area contributed by atoms with Gasteiger partial charge in [0, 0.05) is 24.6 Å². The van der Waals surface area contributed by atoms with E-state index in [1.807, 2.05) is 11.8 Å². The molecule has 1 amide bonds. The van der Waals surface area contributed by atoms with Gasteiger partial charge in [-0.15, -0.1) is 0 Å². The lowest BCUT2D eigenvalue weighted by Crippen LogP contribution is -2.49. The first-order chi connectivity index (χ1) is 7.34. The lowest BCUT2D eigenvalue weighted by Gasteiger charge is -2.22. The van der Waals surface area contributed by atoms with Gasteiger partial charge in [0.1, 0.15) is 0 Å². The van der Waals surface area contributed by atoms with Crippen molar-refractivity contribution in [1.29, 1.82) is 0 Å². The third-order valence-corrected chi connectivity index (χ3v) is 3.63. The summed E-state index contributed by atoms with van der Waals surface area (Å²) in [5.74, 6) is 2.22. The maximum atomic E-state index is 11.6. The van der Waals surface area contributed by atoms with Crippen LogP contribution in [-0.2, 0) is 4.79 Å². The Hall–Kier alpha value is -0.220. The summed E-state index contributed by atoms with van der Waals surface area (Å²) < 4.78 is 0. The second-order valence-electron chi connectivity index (χ2n) is 3.93. The molecule has 0 spiro atoms. The Morgan fingerprint density at radius 2 is 2.33 bits per heavy atom. The first-order valence-corrected chi connectivity index (χ1v) is 7.09. The zero-order valence-corrected chi connectivity index (χ0v) is 10.4. The Balaban J connectivity index is 2.02. The fourth-order valence-electron chi connectivity index (χ4n) is 1.62. The van der Waals surface area contributed by atoms with Crippen molar-refractivity contribution in [2.75, 3.05) is 24.6 Å². The molecule has 4 heteroatoms. The minimum Gasteiger partial charge on any atom is -0.355 e. The molecule has 0 aromatic rings. The van der Waals surface area contributed by atoms with E-state index in [1.165, 1.54) is 19.3 Å². The average molecular weight is 230 g/mol. The Labute approximate surface area is 96.8 Å². The van der Waals surface area contributed by atoms with Crippen molar-refractivity contribution in [3.63, 3.8) is 0 Å². The number of thioether (sulfide) groups is 1. The van der Waals surface area contributed by atoms with E-state index in [0.29, 0.717) is 0 Å². The number of carbonyl (C=O) groups excluding carboxylic acids is 1. The predicted molar refractivity (Wildman–Crippen MR) is 66.3 cm³/mol. The van der Waals surface area contributed by atoms with Gasteiger partial charge in [0.25, 0.3) is 0 Å². The largest absolute Gasteiger partial charge is 0.355 e. The molecule has 1 atom stereocenters. The minimum absolute atomic E-state index is 0.0370. The molecule has 15 heavy (non-hydrogen) atoms. The molecule has 0 bridgehead atoms. The summed E-state index contributed by atoms with van der Waals surface area (Å²) in [5.41, 5.74) is 0. The molecule has 88 valence electrons. The summed E-state index contributed by atoms with van der Waals surface area (Å²) in [5, 5.41) is 6.23. The third-order valence-electron chi connectivity index (χ3n) is 2.57. The van der Waals surface area contributed by atoms with Gasteiger partial charge in [0.15, 0.2) is 0 Å². The van der Waals surface area contributed by atoms with Gasteiger partial charge >= 0.3 is 0 Å². The normalized spacial score (nSPS) is 21.3. The molecule has 1 saturated heterocycles. The number of carbonyl (C=O) groups is 1. The highest BCUT2D eigenvalue weighted by Gasteiger charge is 2.19. The lowest BCUT2D eigenvalue weighted by molar-refractivity contribution is -0.122. The van der Waals surface area contributed by atoms with Crippen molar-refractivity contribution in [2.45, 2.75) is 38.6 Å². The number of hydrogen-bond donors (Lipinski definition) is 2. The second-order valence-corrected chi connectivity index (χ2v) is 5.08. The summed E-state index contributed by atoms with van der Waals surface area (Å²) in [6.45, 7) is 3.99. The van der Waals surface area contributed by atoms with Gasteiger partial charge in [-0.3, -0.25) is 4.79 Å². The lowest BCUT2D eigenvalue weighted by atomic mass is 10.2. The maximum absolute atomic E-state index is 11.6. The van der Waals surface area contributed by atoms with Gasteiger partial charge in [0.05, 0.1) is 6.04 Å². The van der Waals surface area contributed by atoms with E-state index >= 15 is 0 Å². The molecule has 0 aromatic carbocycles. The van der Waals surface area contributed by atoms with Crippen LogP contribution in [0.2, 0.25) is 0 Å². The molecule has 1 aliphatic rings. The van der Waals surface area contributed by atoms with Crippen molar-refractivity contribution in [2.24, 2.45) is 0 Å². The van der Waals surface area contributed by atoms with Crippen LogP contribution in [0, 0.1) is 0 Å². The van der Waals surface area contributed by atoms with Crippen LogP contribution in [-0.4, -0.2) is 36.5 Å². The summed E-state index contributed by atoms with van der Waals surface area (Å²) in [6.07, 6.45) is 4.85. The standard InChI is InChI=1S/C11H22N2OS/c1-2-3-4-5-6-13-11(14)10-9-15-8-7-12-10/h10,12H,2-9H2,1H3,(H,13,14). The first kappa shape index (κ1) is 12.8. The van der Waals surface area contributed by atoms with E-state index in [-0.39, 0.29) is 11.9 Å². The number of nitrogens with one attached hydrogen (secondary N) is 2. The van der Waals surface area contributed by atoms with Crippen LogP contribution in [0.1, 0.15) is 32.6 Å². The van der Waals surface area contributed by atoms with Crippen LogP contribution >= 0.6 is 11.8 Å². The molecule has 1 rings (SSSR count). The van der Waals surface area contributed by atoms with Gasteiger partial charge < -0.3 is 10.6 Å². The summed E-state index contributed by atoms with van der Waals surface area (Å²) in [4.78, 5) is 11.6. The third kappa shape index (κ3) is 5.42. The molecule has 1 heterocycles. The fraction of sp³-hybridized carbons (Fsp3) is 0.909. The van der Waals surface area contributed by atoms with Crippen molar-refractivity contribution >= 4 is 17.7 Å². The molecule has 1 unspecified atom stereocenters. The minimum atomic E-state index is 0.0370. The van der Waals surface area contributed by atoms with Gasteiger partial charge in [0.2, 0.25) is 5.91 Å². The zero-order chi connectivity index (χ0) is 10.9. The van der Waals surface area contributed by atoms with Crippen LogP contribution in [0.3, 0.4) is 0 Å². The molecule has 3 nitrogen and oxygen atoms in total. The Morgan fingerprint density at radius 3 is 3.00 bits per heavy atom. The highest BCUT2D eigenvalue weighted by Crippen LogP contribution is 2.07. The Kier molecular flexibility index (Phi) is 6.85. The Morgan fingerprint density at radius 1 is 1.47 bits per heavy atom. The van der Waals surface area contributed by atoms with Crippen LogP contribution in [0.4, 0.5) is 0 Å². The number of rotatable bonds is 6. The van der Waals surface area contributed by atoms with Gasteiger partial charge in [-0.05, 0) is 6.42 Å². The van der Waals surface area contributed by atoms with E-state index < -0.39 is 0 Å². The summed E-state index contributed by atoms with van der Waals surface area (Å²) in [7, 11) is 0. The van der Waals surface area contributed by atoms with Crippen molar-refractivity contribution in [3.8, 4) is 0 Å². The molecule has 0 aromatic heterocycles. The van der Waals surface area contributed by atoms with Crippen molar-refractivity contribution in [1.82, 2.24) is 10.6 Å². The fourth-order valence-corrected chi connectivity index (χ4v) is 2.55. The van der Waals surface area contributed by atoms with Crippen LogP contribution < -0.4 is 10.6 Å².